The van der Waals surface area contributed by atoms with E-state index < -0.39 is 33.7 Å². The number of carbonyl (C=O) groups excluding carboxylic acids is 1. The van der Waals surface area contributed by atoms with E-state index in [0.29, 0.717) is 5.56 Å². The average Bonchev–Trinajstić information content (AvgIpc) is 2.25. The van der Waals surface area contributed by atoms with Crippen molar-refractivity contribution in [3.8, 4) is 0 Å². The van der Waals surface area contributed by atoms with Crippen LogP contribution in [0, 0.1) is 0 Å². The first-order chi connectivity index (χ1) is 9.07. The maximum absolute atomic E-state index is 12.9. The summed E-state index contributed by atoms with van der Waals surface area (Å²) >= 11 is 0. The average molecular weight is 303 g/mol. The summed E-state index contributed by atoms with van der Waals surface area (Å²) in [5.74, 6) is -0.837. The molecule has 0 aliphatic heterocycles. The third-order valence-corrected chi connectivity index (χ3v) is 2.99. The summed E-state index contributed by atoms with van der Waals surface area (Å²) in [6, 6.07) is 7.29. The number of benzene rings is 1. The van der Waals surface area contributed by atoms with Crippen molar-refractivity contribution in [2.75, 3.05) is 5.75 Å². The van der Waals surface area contributed by atoms with Gasteiger partial charge >= 0.3 is 16.3 Å². The fraction of sp³-hybridized carbons (Fsp3) is 0.462. The van der Waals surface area contributed by atoms with Gasteiger partial charge in [0.1, 0.15) is 11.4 Å². The quantitative estimate of drug-likeness (QED) is 0.868. The van der Waals surface area contributed by atoms with Crippen molar-refractivity contribution in [3.63, 3.8) is 0 Å². The van der Waals surface area contributed by atoms with Crippen LogP contribution in [0.15, 0.2) is 30.3 Å². The first-order valence-electron chi connectivity index (χ1n) is 6.03. The lowest BCUT2D eigenvalue weighted by molar-refractivity contribution is 0.0508. The Balaban J connectivity index is 2.87. The van der Waals surface area contributed by atoms with Gasteiger partial charge in [-0.25, -0.2) is 4.79 Å². The Labute approximate surface area is 118 Å². The minimum Gasteiger partial charge on any atom is -0.444 e. The van der Waals surface area contributed by atoms with Gasteiger partial charge in [0.15, 0.2) is 0 Å². The molecule has 1 unspecified atom stereocenters. The van der Waals surface area contributed by atoms with Gasteiger partial charge in [-0.05, 0) is 26.3 Å². The van der Waals surface area contributed by atoms with Crippen molar-refractivity contribution in [2.24, 2.45) is 0 Å². The molecule has 1 N–H and O–H groups in total. The molecule has 20 heavy (non-hydrogen) atoms. The second kappa shape index (κ2) is 6.21. The van der Waals surface area contributed by atoms with Crippen LogP contribution in [0.3, 0.4) is 0 Å². The fourth-order valence-corrected chi connectivity index (χ4v) is 2.23. The molecule has 0 aromatic heterocycles. The van der Waals surface area contributed by atoms with Gasteiger partial charge in [0.2, 0.25) is 0 Å². The van der Waals surface area contributed by atoms with Gasteiger partial charge in [0.05, 0.1) is 6.04 Å². The predicted octanol–water partition coefficient (Wildman–Crippen LogP) is 2.55. The second-order valence-electron chi connectivity index (χ2n) is 5.32. The number of rotatable bonds is 4. The minimum atomic E-state index is -4.73. The monoisotopic (exact) mass is 303 g/mol. The van der Waals surface area contributed by atoms with Crippen LogP contribution < -0.4 is 5.32 Å². The topological polar surface area (TPSA) is 72.5 Å². The van der Waals surface area contributed by atoms with Crippen LogP contribution in [0.1, 0.15) is 32.4 Å². The number of carbonyl (C=O) groups is 1. The highest BCUT2D eigenvalue weighted by Gasteiger charge is 2.24. The maximum Gasteiger partial charge on any atom is 0.408 e. The number of amides is 1. The lowest BCUT2D eigenvalue weighted by Gasteiger charge is -2.23. The first-order valence-corrected chi connectivity index (χ1v) is 7.59. The number of ether oxygens (including phenoxy) is 1. The third kappa shape index (κ3) is 6.51. The highest BCUT2D eigenvalue weighted by molar-refractivity contribution is 7.86. The Bertz CT molecular complexity index is 551. The number of halogens is 1. The van der Waals surface area contributed by atoms with E-state index in [1.807, 2.05) is 0 Å². The van der Waals surface area contributed by atoms with Gasteiger partial charge in [-0.1, -0.05) is 30.3 Å². The van der Waals surface area contributed by atoms with Crippen LogP contribution in [0.25, 0.3) is 0 Å². The molecule has 0 aliphatic rings. The minimum absolute atomic E-state index is 0.486. The lowest BCUT2D eigenvalue weighted by Crippen LogP contribution is -2.37. The zero-order valence-corrected chi connectivity index (χ0v) is 12.4. The van der Waals surface area contributed by atoms with Gasteiger partial charge in [0.25, 0.3) is 0 Å². The van der Waals surface area contributed by atoms with Crippen molar-refractivity contribution in [1.29, 1.82) is 0 Å². The summed E-state index contributed by atoms with van der Waals surface area (Å²) in [5, 5.41) is 2.37. The van der Waals surface area contributed by atoms with Gasteiger partial charge in [-0.3, -0.25) is 0 Å². The molecule has 1 rings (SSSR count). The Morgan fingerprint density at radius 1 is 1.30 bits per heavy atom. The molecule has 0 aliphatic carbocycles. The lowest BCUT2D eigenvalue weighted by atomic mass is 10.1. The van der Waals surface area contributed by atoms with Crippen molar-refractivity contribution >= 4 is 16.3 Å². The van der Waals surface area contributed by atoms with E-state index in [9.17, 15) is 17.1 Å². The van der Waals surface area contributed by atoms with Crippen molar-refractivity contribution in [1.82, 2.24) is 5.32 Å². The SMILES string of the molecule is CC(C)(C)OC(=O)NC(CS(=O)(=O)F)c1ccccc1. The normalized spacial score (nSPS) is 13.6. The Hall–Kier alpha value is -1.63. The van der Waals surface area contributed by atoms with E-state index in [-0.39, 0.29) is 0 Å². The zero-order chi connectivity index (χ0) is 15.4. The van der Waals surface area contributed by atoms with Crippen molar-refractivity contribution < 1.29 is 21.8 Å². The van der Waals surface area contributed by atoms with E-state index in [0.717, 1.165) is 0 Å². The molecule has 112 valence electrons. The summed E-state index contributed by atoms with van der Waals surface area (Å²) in [6.45, 7) is 5.03. The number of hydrogen-bond donors (Lipinski definition) is 1. The Morgan fingerprint density at radius 3 is 2.30 bits per heavy atom. The summed E-state index contributed by atoms with van der Waals surface area (Å²) in [6.07, 6.45) is -0.796. The molecular weight excluding hydrogens is 285 g/mol. The maximum atomic E-state index is 12.9. The smallest absolute Gasteiger partial charge is 0.408 e. The van der Waals surface area contributed by atoms with Crippen LogP contribution in [0.2, 0.25) is 0 Å². The molecule has 0 radical (unpaired) electrons. The molecule has 0 saturated carbocycles. The zero-order valence-electron chi connectivity index (χ0n) is 11.6. The van der Waals surface area contributed by atoms with Crippen LogP contribution in [-0.4, -0.2) is 25.9 Å². The molecule has 5 nitrogen and oxygen atoms in total. The summed E-state index contributed by atoms with van der Waals surface area (Å²) in [7, 11) is -4.73. The number of nitrogens with one attached hydrogen (secondary N) is 1. The third-order valence-electron chi connectivity index (χ3n) is 2.26. The molecule has 0 heterocycles. The fourth-order valence-electron chi connectivity index (χ4n) is 1.56. The summed E-state index contributed by atoms with van der Waals surface area (Å²) in [5.41, 5.74) is -0.237. The Morgan fingerprint density at radius 2 is 1.85 bits per heavy atom. The highest BCUT2D eigenvalue weighted by Crippen LogP contribution is 2.17. The Kier molecular flexibility index (Phi) is 5.10. The second-order valence-corrected chi connectivity index (χ2v) is 6.73. The predicted molar refractivity (Wildman–Crippen MR) is 73.4 cm³/mol. The van der Waals surface area contributed by atoms with E-state index in [1.165, 1.54) is 0 Å². The van der Waals surface area contributed by atoms with E-state index in [4.69, 9.17) is 4.74 Å². The van der Waals surface area contributed by atoms with Crippen LogP contribution in [0.5, 0.6) is 0 Å². The molecular formula is C13H18FNO4S. The molecule has 7 heteroatoms. The molecule has 1 atom stereocenters. The van der Waals surface area contributed by atoms with Gasteiger partial charge in [-0.2, -0.15) is 8.42 Å². The van der Waals surface area contributed by atoms with Gasteiger partial charge in [0, 0.05) is 0 Å². The molecule has 1 aromatic rings. The molecule has 0 saturated heterocycles. The molecule has 0 spiro atoms. The number of alkyl carbamates (subject to hydrolysis) is 1. The summed E-state index contributed by atoms with van der Waals surface area (Å²) in [4.78, 5) is 11.7. The molecule has 1 amide bonds. The largest absolute Gasteiger partial charge is 0.444 e. The van der Waals surface area contributed by atoms with Crippen LogP contribution in [-0.2, 0) is 15.0 Å². The van der Waals surface area contributed by atoms with E-state index >= 15 is 0 Å². The van der Waals surface area contributed by atoms with Crippen LogP contribution in [0.4, 0.5) is 8.68 Å². The van der Waals surface area contributed by atoms with E-state index in [1.54, 1.807) is 51.1 Å². The molecule has 1 aromatic carbocycles. The van der Waals surface area contributed by atoms with Crippen molar-refractivity contribution in [2.45, 2.75) is 32.4 Å². The number of hydrogen-bond acceptors (Lipinski definition) is 4. The summed E-state index contributed by atoms with van der Waals surface area (Å²) < 4.78 is 39.6. The highest BCUT2D eigenvalue weighted by atomic mass is 32.3. The van der Waals surface area contributed by atoms with Gasteiger partial charge < -0.3 is 10.1 Å². The molecule has 0 bridgehead atoms. The van der Waals surface area contributed by atoms with Crippen molar-refractivity contribution in [3.05, 3.63) is 35.9 Å². The van der Waals surface area contributed by atoms with E-state index in [2.05, 4.69) is 5.32 Å². The first kappa shape index (κ1) is 16.4. The molecule has 0 fully saturated rings. The van der Waals surface area contributed by atoms with Gasteiger partial charge in [-0.15, -0.1) is 3.89 Å². The standard InChI is InChI=1S/C13H18FNO4S/c1-13(2,3)19-12(16)15-11(9-20(14,17)18)10-7-5-4-6-8-10/h4-8,11H,9H2,1-3H3,(H,15,16). The van der Waals surface area contributed by atoms with Crippen LogP contribution >= 0.6 is 0 Å².